The van der Waals surface area contributed by atoms with Crippen molar-refractivity contribution in [3.05, 3.63) is 54.0 Å². The fourth-order valence-electron chi connectivity index (χ4n) is 3.41. The minimum absolute atomic E-state index is 0. The van der Waals surface area contributed by atoms with Gasteiger partial charge in [0.05, 0.1) is 18.8 Å². The Kier molecular flexibility index (Phi) is 10.8. The Bertz CT molecular complexity index is 732. The van der Waals surface area contributed by atoms with Gasteiger partial charge in [-0.25, -0.2) is 0 Å². The molecule has 7 heteroatoms. The van der Waals surface area contributed by atoms with Crippen LogP contribution in [0.3, 0.4) is 0 Å². The SMILES string of the molecule is CSCCN=C(NCCc1ccco1)NC(C)c1cccc(N2CCCC2)c1.I. The van der Waals surface area contributed by atoms with E-state index >= 15 is 0 Å². The van der Waals surface area contributed by atoms with Gasteiger partial charge in [0, 0.05) is 37.5 Å². The maximum Gasteiger partial charge on any atom is 0.191 e. The summed E-state index contributed by atoms with van der Waals surface area (Å²) in [4.78, 5) is 7.21. The van der Waals surface area contributed by atoms with Gasteiger partial charge < -0.3 is 20.0 Å². The molecule has 0 amide bonds. The van der Waals surface area contributed by atoms with Crippen molar-refractivity contribution in [3.63, 3.8) is 0 Å². The van der Waals surface area contributed by atoms with Crippen molar-refractivity contribution in [2.45, 2.75) is 32.2 Å². The van der Waals surface area contributed by atoms with E-state index in [4.69, 9.17) is 9.41 Å². The zero-order valence-corrected chi connectivity index (χ0v) is 20.5. The van der Waals surface area contributed by atoms with Gasteiger partial charge in [-0.1, -0.05) is 12.1 Å². The second-order valence-corrected chi connectivity index (χ2v) is 8.12. The molecule has 160 valence electrons. The summed E-state index contributed by atoms with van der Waals surface area (Å²) in [5, 5.41) is 7.02. The smallest absolute Gasteiger partial charge is 0.191 e. The van der Waals surface area contributed by atoms with Crippen LogP contribution in [0.2, 0.25) is 0 Å². The maximum absolute atomic E-state index is 5.42. The average Bonchev–Trinajstić information content (AvgIpc) is 3.42. The average molecular weight is 529 g/mol. The minimum Gasteiger partial charge on any atom is -0.469 e. The molecule has 0 spiro atoms. The van der Waals surface area contributed by atoms with Crippen molar-refractivity contribution >= 4 is 47.4 Å². The molecule has 2 heterocycles. The van der Waals surface area contributed by atoms with Gasteiger partial charge in [0.1, 0.15) is 5.76 Å². The predicted molar refractivity (Wildman–Crippen MR) is 136 cm³/mol. The van der Waals surface area contributed by atoms with Crippen LogP contribution < -0.4 is 15.5 Å². The first-order valence-corrected chi connectivity index (χ1v) is 11.6. The molecule has 29 heavy (non-hydrogen) atoms. The second-order valence-electron chi connectivity index (χ2n) is 7.13. The Labute approximate surface area is 196 Å². The fraction of sp³-hybridized carbons (Fsp3) is 0.500. The van der Waals surface area contributed by atoms with Crippen molar-refractivity contribution in [3.8, 4) is 0 Å². The molecule has 1 saturated heterocycles. The third-order valence-electron chi connectivity index (χ3n) is 5.00. The van der Waals surface area contributed by atoms with E-state index in [0.29, 0.717) is 0 Å². The van der Waals surface area contributed by atoms with E-state index in [-0.39, 0.29) is 30.0 Å². The van der Waals surface area contributed by atoms with Gasteiger partial charge in [0.15, 0.2) is 5.96 Å². The van der Waals surface area contributed by atoms with Crippen LogP contribution in [0.5, 0.6) is 0 Å². The van der Waals surface area contributed by atoms with Crippen LogP contribution in [-0.2, 0) is 6.42 Å². The molecular weight excluding hydrogens is 495 g/mol. The number of anilines is 1. The summed E-state index contributed by atoms with van der Waals surface area (Å²) in [7, 11) is 0. The van der Waals surface area contributed by atoms with Crippen LogP contribution in [0.25, 0.3) is 0 Å². The highest BCUT2D eigenvalue weighted by molar-refractivity contribution is 14.0. The minimum atomic E-state index is 0. The van der Waals surface area contributed by atoms with Crippen LogP contribution in [-0.4, -0.2) is 44.1 Å². The molecule has 1 aliphatic rings. The molecular formula is C22H33IN4OS. The van der Waals surface area contributed by atoms with Gasteiger partial charge in [-0.3, -0.25) is 4.99 Å². The van der Waals surface area contributed by atoms with Crippen LogP contribution >= 0.6 is 35.7 Å². The Balaban J connectivity index is 0.00000300. The normalized spacial score (nSPS) is 15.1. The van der Waals surface area contributed by atoms with Crippen LogP contribution in [0.1, 0.15) is 37.1 Å². The molecule has 1 aromatic heterocycles. The molecule has 1 aliphatic heterocycles. The number of aliphatic imine (C=N–C) groups is 1. The van der Waals surface area contributed by atoms with Crippen molar-refractivity contribution in [1.82, 2.24) is 10.6 Å². The Morgan fingerprint density at radius 2 is 2.07 bits per heavy atom. The lowest BCUT2D eigenvalue weighted by atomic mass is 10.1. The third-order valence-corrected chi connectivity index (χ3v) is 5.59. The number of nitrogens with one attached hydrogen (secondary N) is 2. The monoisotopic (exact) mass is 528 g/mol. The maximum atomic E-state index is 5.42. The first kappa shape index (κ1) is 23.9. The Hall–Kier alpha value is -1.35. The molecule has 0 saturated carbocycles. The van der Waals surface area contributed by atoms with Gasteiger partial charge >= 0.3 is 0 Å². The van der Waals surface area contributed by atoms with E-state index in [9.17, 15) is 0 Å². The number of furan rings is 1. The molecule has 0 bridgehead atoms. The summed E-state index contributed by atoms with van der Waals surface area (Å²) < 4.78 is 5.42. The van der Waals surface area contributed by atoms with Crippen molar-refractivity contribution in [1.29, 1.82) is 0 Å². The van der Waals surface area contributed by atoms with Gasteiger partial charge in [0.2, 0.25) is 0 Å². The van der Waals surface area contributed by atoms with Crippen LogP contribution in [0.4, 0.5) is 5.69 Å². The molecule has 0 aliphatic carbocycles. The van der Waals surface area contributed by atoms with E-state index < -0.39 is 0 Å². The number of rotatable bonds is 9. The lowest BCUT2D eigenvalue weighted by molar-refractivity contribution is 0.506. The lowest BCUT2D eigenvalue weighted by Gasteiger charge is -2.22. The first-order valence-electron chi connectivity index (χ1n) is 10.2. The number of hydrogen-bond donors (Lipinski definition) is 2. The van der Waals surface area contributed by atoms with E-state index in [0.717, 1.165) is 37.0 Å². The molecule has 2 aromatic rings. The quantitative estimate of drug-likeness (QED) is 0.214. The van der Waals surface area contributed by atoms with Gasteiger partial charge in [-0.15, -0.1) is 24.0 Å². The predicted octanol–water partition coefficient (Wildman–Crippen LogP) is 4.70. The van der Waals surface area contributed by atoms with Gasteiger partial charge in [-0.2, -0.15) is 11.8 Å². The summed E-state index contributed by atoms with van der Waals surface area (Å²) >= 11 is 1.81. The van der Waals surface area contributed by atoms with Crippen molar-refractivity contribution < 1.29 is 4.42 Å². The zero-order chi connectivity index (χ0) is 19.6. The largest absolute Gasteiger partial charge is 0.469 e. The lowest BCUT2D eigenvalue weighted by Crippen LogP contribution is -2.40. The molecule has 1 aromatic carbocycles. The van der Waals surface area contributed by atoms with Crippen LogP contribution in [0.15, 0.2) is 52.1 Å². The third kappa shape index (κ3) is 7.77. The van der Waals surface area contributed by atoms with Crippen molar-refractivity contribution in [2.24, 2.45) is 4.99 Å². The molecule has 1 unspecified atom stereocenters. The molecule has 5 nitrogen and oxygen atoms in total. The summed E-state index contributed by atoms with van der Waals surface area (Å²) in [6.45, 7) is 6.13. The number of thioether (sulfide) groups is 1. The highest BCUT2D eigenvalue weighted by Crippen LogP contribution is 2.23. The summed E-state index contributed by atoms with van der Waals surface area (Å²) in [5.74, 6) is 2.87. The van der Waals surface area contributed by atoms with Gasteiger partial charge in [0.25, 0.3) is 0 Å². The van der Waals surface area contributed by atoms with Crippen LogP contribution in [0, 0.1) is 0 Å². The zero-order valence-electron chi connectivity index (χ0n) is 17.4. The van der Waals surface area contributed by atoms with E-state index in [1.54, 1.807) is 6.26 Å². The number of halogens is 1. The summed E-state index contributed by atoms with van der Waals surface area (Å²) in [6, 6.07) is 13.0. The van der Waals surface area contributed by atoms with Gasteiger partial charge in [-0.05, 0) is 55.9 Å². The number of nitrogens with zero attached hydrogens (tertiary/aromatic N) is 2. The van der Waals surface area contributed by atoms with E-state index in [1.807, 2.05) is 23.9 Å². The van der Waals surface area contributed by atoms with Crippen molar-refractivity contribution in [2.75, 3.05) is 43.1 Å². The summed E-state index contributed by atoms with van der Waals surface area (Å²) in [5.41, 5.74) is 2.62. The molecule has 2 N–H and O–H groups in total. The highest BCUT2D eigenvalue weighted by Gasteiger charge is 2.14. The number of hydrogen-bond acceptors (Lipinski definition) is 4. The van der Waals surface area contributed by atoms with E-state index in [1.165, 1.54) is 37.2 Å². The standard InChI is InChI=1S/C22H32N4OS.HI/c1-18(19-7-5-8-20(17-19)26-13-3-4-14-26)25-22(24-12-16-28-2)23-11-10-21-9-6-15-27-21;/h5-9,15,17-18H,3-4,10-14,16H2,1-2H3,(H2,23,24,25);1H. The molecule has 3 rings (SSSR count). The first-order chi connectivity index (χ1) is 13.8. The number of benzene rings is 1. The highest BCUT2D eigenvalue weighted by atomic mass is 127. The molecule has 1 fully saturated rings. The second kappa shape index (κ2) is 13.1. The Morgan fingerprint density at radius 3 is 2.79 bits per heavy atom. The molecule has 1 atom stereocenters. The topological polar surface area (TPSA) is 52.8 Å². The fourth-order valence-corrected chi connectivity index (χ4v) is 3.69. The van der Waals surface area contributed by atoms with E-state index in [2.05, 4.69) is 53.0 Å². The Morgan fingerprint density at radius 1 is 1.24 bits per heavy atom. The summed E-state index contributed by atoms with van der Waals surface area (Å²) in [6.07, 6.45) is 7.26. The number of guanidine groups is 1. The molecule has 0 radical (unpaired) electrons.